The van der Waals surface area contributed by atoms with E-state index in [4.69, 9.17) is 0 Å². The largest absolute Gasteiger partial charge is 0.453 e. The summed E-state index contributed by atoms with van der Waals surface area (Å²) in [7, 11) is 1.36. The van der Waals surface area contributed by atoms with E-state index in [9.17, 15) is 9.18 Å². The van der Waals surface area contributed by atoms with Gasteiger partial charge in [-0.15, -0.1) is 0 Å². The van der Waals surface area contributed by atoms with Crippen LogP contribution in [0.4, 0.5) is 9.18 Å². The van der Waals surface area contributed by atoms with Crippen LogP contribution in [0.3, 0.4) is 0 Å². The molecule has 1 aliphatic rings. The van der Waals surface area contributed by atoms with Crippen molar-refractivity contribution in [3.05, 3.63) is 35.6 Å². The van der Waals surface area contributed by atoms with E-state index in [-0.39, 0.29) is 11.9 Å². The molecular formula is C15H21FN2O2. The Hall–Kier alpha value is -1.62. The molecule has 110 valence electrons. The summed E-state index contributed by atoms with van der Waals surface area (Å²) in [5.41, 5.74) is 0.693. The number of benzene rings is 1. The number of halogens is 1. The number of nitrogens with zero attached hydrogens (tertiary/aromatic N) is 1. The van der Waals surface area contributed by atoms with Crippen molar-refractivity contribution in [3.8, 4) is 0 Å². The number of hydrogen-bond acceptors (Lipinski definition) is 3. The third-order valence-electron chi connectivity index (χ3n) is 3.59. The summed E-state index contributed by atoms with van der Waals surface area (Å²) in [6.45, 7) is 4.33. The van der Waals surface area contributed by atoms with E-state index in [1.54, 1.807) is 12.1 Å². The normalized spacial score (nSPS) is 23.4. The maximum Gasteiger partial charge on any atom is 0.407 e. The summed E-state index contributed by atoms with van der Waals surface area (Å²) in [6.07, 6.45) is 0.512. The third-order valence-corrected chi connectivity index (χ3v) is 3.59. The van der Waals surface area contributed by atoms with Crippen LogP contribution in [0.25, 0.3) is 0 Å². The van der Waals surface area contributed by atoms with Gasteiger partial charge in [-0.2, -0.15) is 0 Å². The van der Waals surface area contributed by atoms with Crippen molar-refractivity contribution >= 4 is 6.09 Å². The van der Waals surface area contributed by atoms with E-state index in [0.29, 0.717) is 24.6 Å². The third kappa shape index (κ3) is 3.93. The highest BCUT2D eigenvalue weighted by Crippen LogP contribution is 2.19. The van der Waals surface area contributed by atoms with E-state index < -0.39 is 6.09 Å². The molecule has 1 amide bonds. The van der Waals surface area contributed by atoms with E-state index >= 15 is 0 Å². The molecule has 1 heterocycles. The molecule has 2 rings (SSSR count). The highest BCUT2D eigenvalue weighted by Gasteiger charge is 2.26. The molecule has 1 N–H and O–H groups in total. The minimum atomic E-state index is -0.407. The SMILES string of the molecule is COC(=O)NC1CC(C)CN(Cc2ccccc2F)C1. The van der Waals surface area contributed by atoms with Gasteiger partial charge in [0.25, 0.3) is 0 Å². The number of hydrogen-bond donors (Lipinski definition) is 1. The number of nitrogens with one attached hydrogen (secondary N) is 1. The number of methoxy groups -OCH3 is 1. The summed E-state index contributed by atoms with van der Waals surface area (Å²) in [5.74, 6) is 0.279. The van der Waals surface area contributed by atoms with Crippen LogP contribution >= 0.6 is 0 Å². The lowest BCUT2D eigenvalue weighted by Gasteiger charge is -2.36. The van der Waals surface area contributed by atoms with Gasteiger partial charge in [-0.3, -0.25) is 4.90 Å². The Kier molecular flexibility index (Phi) is 4.95. The number of piperidine rings is 1. The lowest BCUT2D eigenvalue weighted by molar-refractivity contribution is 0.125. The number of ether oxygens (including phenoxy) is 1. The molecule has 1 aromatic carbocycles. The second-order valence-corrected chi connectivity index (χ2v) is 5.46. The molecule has 1 fully saturated rings. The monoisotopic (exact) mass is 280 g/mol. The van der Waals surface area contributed by atoms with Crippen LogP contribution in [0.15, 0.2) is 24.3 Å². The first kappa shape index (κ1) is 14.8. The first-order valence-electron chi connectivity index (χ1n) is 6.88. The van der Waals surface area contributed by atoms with E-state index in [0.717, 1.165) is 13.0 Å². The predicted octanol–water partition coefficient (Wildman–Crippen LogP) is 2.39. The van der Waals surface area contributed by atoms with Gasteiger partial charge < -0.3 is 10.1 Å². The van der Waals surface area contributed by atoms with Crippen LogP contribution in [-0.4, -0.2) is 37.2 Å². The molecule has 5 heteroatoms. The van der Waals surface area contributed by atoms with Crippen LogP contribution in [0.1, 0.15) is 18.9 Å². The number of amides is 1. The van der Waals surface area contributed by atoms with Crippen molar-refractivity contribution in [3.63, 3.8) is 0 Å². The first-order chi connectivity index (χ1) is 9.58. The van der Waals surface area contributed by atoms with Crippen molar-refractivity contribution in [2.75, 3.05) is 20.2 Å². The first-order valence-corrected chi connectivity index (χ1v) is 6.88. The Morgan fingerprint density at radius 2 is 2.20 bits per heavy atom. The second kappa shape index (κ2) is 6.70. The standard InChI is InChI=1S/C15H21FN2O2/c1-11-7-13(17-15(19)20-2)10-18(8-11)9-12-5-3-4-6-14(12)16/h3-6,11,13H,7-10H2,1-2H3,(H,17,19). The van der Waals surface area contributed by atoms with E-state index in [1.165, 1.54) is 13.2 Å². The molecule has 4 nitrogen and oxygen atoms in total. The van der Waals surface area contributed by atoms with Crippen molar-refractivity contribution < 1.29 is 13.9 Å². The van der Waals surface area contributed by atoms with Crippen LogP contribution < -0.4 is 5.32 Å². The fraction of sp³-hybridized carbons (Fsp3) is 0.533. The van der Waals surface area contributed by atoms with Gasteiger partial charge in [0, 0.05) is 31.2 Å². The molecule has 2 atom stereocenters. The minimum absolute atomic E-state index is 0.0537. The van der Waals surface area contributed by atoms with Gasteiger partial charge >= 0.3 is 6.09 Å². The molecule has 0 spiro atoms. The van der Waals surface area contributed by atoms with Gasteiger partial charge in [0.1, 0.15) is 5.82 Å². The fourth-order valence-corrected chi connectivity index (χ4v) is 2.79. The Labute approximate surface area is 118 Å². The zero-order valence-electron chi connectivity index (χ0n) is 11.9. The molecule has 0 saturated carbocycles. The maximum atomic E-state index is 13.7. The van der Waals surface area contributed by atoms with Gasteiger partial charge in [0.15, 0.2) is 0 Å². The second-order valence-electron chi connectivity index (χ2n) is 5.46. The molecule has 20 heavy (non-hydrogen) atoms. The van der Waals surface area contributed by atoms with Crippen molar-refractivity contribution in [2.45, 2.75) is 25.9 Å². The smallest absolute Gasteiger partial charge is 0.407 e. The minimum Gasteiger partial charge on any atom is -0.453 e. The highest BCUT2D eigenvalue weighted by atomic mass is 19.1. The van der Waals surface area contributed by atoms with Gasteiger partial charge in [0.05, 0.1) is 7.11 Å². The van der Waals surface area contributed by atoms with E-state index in [2.05, 4.69) is 21.9 Å². The summed E-state index contributed by atoms with van der Waals surface area (Å²) in [6, 6.07) is 6.87. The lowest BCUT2D eigenvalue weighted by atomic mass is 9.95. The molecule has 0 bridgehead atoms. The number of carbonyl (C=O) groups excluding carboxylic acids is 1. The molecule has 0 aliphatic carbocycles. The number of carbonyl (C=O) groups is 1. The van der Waals surface area contributed by atoms with Crippen LogP contribution in [0.2, 0.25) is 0 Å². The fourth-order valence-electron chi connectivity index (χ4n) is 2.79. The highest BCUT2D eigenvalue weighted by molar-refractivity contribution is 5.67. The lowest BCUT2D eigenvalue weighted by Crippen LogP contribution is -2.50. The van der Waals surface area contributed by atoms with Gasteiger partial charge in [-0.1, -0.05) is 25.1 Å². The Morgan fingerprint density at radius 1 is 1.45 bits per heavy atom. The van der Waals surface area contributed by atoms with Gasteiger partial charge in [-0.25, -0.2) is 9.18 Å². The average Bonchev–Trinajstić information content (AvgIpc) is 2.40. The average molecular weight is 280 g/mol. The summed E-state index contributed by atoms with van der Waals surface area (Å²) in [5, 5.41) is 2.83. The van der Waals surface area contributed by atoms with Crippen molar-refractivity contribution in [2.24, 2.45) is 5.92 Å². The zero-order chi connectivity index (χ0) is 14.5. The van der Waals surface area contributed by atoms with Crippen LogP contribution in [0.5, 0.6) is 0 Å². The number of rotatable bonds is 3. The summed E-state index contributed by atoms with van der Waals surface area (Å²) < 4.78 is 18.3. The molecule has 1 aromatic rings. The molecule has 0 aromatic heterocycles. The molecule has 1 aliphatic heterocycles. The Bertz CT molecular complexity index is 467. The molecule has 1 saturated heterocycles. The van der Waals surface area contributed by atoms with E-state index in [1.807, 2.05) is 6.07 Å². The number of alkyl carbamates (subject to hydrolysis) is 1. The topological polar surface area (TPSA) is 41.6 Å². The van der Waals surface area contributed by atoms with Crippen LogP contribution in [0, 0.1) is 11.7 Å². The number of likely N-dealkylation sites (tertiary alicyclic amines) is 1. The van der Waals surface area contributed by atoms with Crippen LogP contribution in [-0.2, 0) is 11.3 Å². The summed E-state index contributed by atoms with van der Waals surface area (Å²) >= 11 is 0. The molecular weight excluding hydrogens is 259 g/mol. The van der Waals surface area contributed by atoms with Gasteiger partial charge in [0.2, 0.25) is 0 Å². The van der Waals surface area contributed by atoms with Crippen molar-refractivity contribution in [1.29, 1.82) is 0 Å². The van der Waals surface area contributed by atoms with Gasteiger partial charge in [-0.05, 0) is 18.4 Å². The quantitative estimate of drug-likeness (QED) is 0.924. The van der Waals surface area contributed by atoms with Crippen molar-refractivity contribution in [1.82, 2.24) is 10.2 Å². The Balaban J connectivity index is 1.97. The molecule has 2 unspecified atom stereocenters. The Morgan fingerprint density at radius 3 is 2.90 bits per heavy atom. The maximum absolute atomic E-state index is 13.7. The summed E-state index contributed by atoms with van der Waals surface area (Å²) in [4.78, 5) is 13.5. The zero-order valence-corrected chi connectivity index (χ0v) is 11.9. The molecule has 0 radical (unpaired) electrons. The predicted molar refractivity (Wildman–Crippen MR) is 74.8 cm³/mol.